The summed E-state index contributed by atoms with van der Waals surface area (Å²) in [5, 5.41) is 0. The molecule has 1 unspecified atom stereocenters. The maximum Gasteiger partial charge on any atom is 0.0395 e. The second kappa shape index (κ2) is 8.74. The van der Waals surface area contributed by atoms with Gasteiger partial charge in [-0.3, -0.25) is 0 Å². The van der Waals surface area contributed by atoms with E-state index in [0.717, 1.165) is 6.42 Å². The Labute approximate surface area is 115 Å². The summed E-state index contributed by atoms with van der Waals surface area (Å²) in [5.74, 6) is 0. The molecule has 0 N–H and O–H groups in total. The molecule has 1 rings (SSSR count). The Balaban J connectivity index is 2.28. The lowest BCUT2D eigenvalue weighted by atomic mass is 10.0. The highest BCUT2D eigenvalue weighted by Crippen LogP contribution is 2.28. The molecule has 0 aliphatic rings. The quantitative estimate of drug-likeness (QED) is 0.405. The molecule has 0 saturated heterocycles. The van der Waals surface area contributed by atoms with Gasteiger partial charge in [-0.25, -0.2) is 0 Å². The van der Waals surface area contributed by atoms with Gasteiger partial charge in [0, 0.05) is 4.83 Å². The number of hydrogen-bond donors (Lipinski definition) is 0. The number of benzene rings is 1. The molecule has 0 heterocycles. The van der Waals surface area contributed by atoms with Crippen LogP contribution >= 0.6 is 15.9 Å². The first kappa shape index (κ1) is 14.8. The predicted octanol–water partition coefficient (Wildman–Crippen LogP) is 6.05. The van der Waals surface area contributed by atoms with Crippen LogP contribution in [0.15, 0.2) is 24.3 Å². The van der Waals surface area contributed by atoms with Gasteiger partial charge in [-0.05, 0) is 24.0 Å². The molecule has 1 heteroatoms. The van der Waals surface area contributed by atoms with Crippen molar-refractivity contribution in [1.29, 1.82) is 0 Å². The van der Waals surface area contributed by atoms with E-state index in [1.165, 1.54) is 49.7 Å². The first-order chi connectivity index (χ1) is 8.27. The zero-order valence-electron chi connectivity index (χ0n) is 11.2. The molecule has 0 nitrogen and oxygen atoms in total. The van der Waals surface area contributed by atoms with Gasteiger partial charge in [0.2, 0.25) is 0 Å². The number of unbranched alkanes of at least 4 members (excludes halogenated alkanes) is 4. The van der Waals surface area contributed by atoms with E-state index in [0.29, 0.717) is 4.83 Å². The van der Waals surface area contributed by atoms with Gasteiger partial charge in [0.25, 0.3) is 0 Å². The topological polar surface area (TPSA) is 0 Å². The standard InChI is InChI=1S/C16H25Br/c1-3-5-6-7-8-9-16(17)15-12-10-14(4-2)11-13-15/h10-13,16H,3-9H2,1-2H3. The third kappa shape index (κ3) is 5.72. The molecule has 0 radical (unpaired) electrons. The van der Waals surface area contributed by atoms with Crippen LogP contribution in [0.3, 0.4) is 0 Å². The lowest BCUT2D eigenvalue weighted by Crippen LogP contribution is -1.91. The Morgan fingerprint density at radius 3 is 2.18 bits per heavy atom. The Hall–Kier alpha value is -0.300. The Bertz CT molecular complexity index is 289. The van der Waals surface area contributed by atoms with E-state index in [1.807, 2.05) is 0 Å². The number of rotatable bonds is 8. The van der Waals surface area contributed by atoms with Crippen molar-refractivity contribution in [3.05, 3.63) is 35.4 Å². The molecule has 0 aliphatic heterocycles. The highest BCUT2D eigenvalue weighted by molar-refractivity contribution is 9.09. The van der Waals surface area contributed by atoms with Crippen molar-refractivity contribution in [3.63, 3.8) is 0 Å². The van der Waals surface area contributed by atoms with Crippen LogP contribution < -0.4 is 0 Å². The smallest absolute Gasteiger partial charge is 0.0395 e. The molecule has 1 aromatic rings. The number of halogens is 1. The van der Waals surface area contributed by atoms with Gasteiger partial charge in [-0.2, -0.15) is 0 Å². The van der Waals surface area contributed by atoms with Crippen LogP contribution in [0.1, 0.15) is 68.3 Å². The molecular formula is C16H25Br. The normalized spacial score (nSPS) is 12.6. The predicted molar refractivity (Wildman–Crippen MR) is 80.9 cm³/mol. The molecule has 0 fully saturated rings. The molecule has 0 spiro atoms. The van der Waals surface area contributed by atoms with Gasteiger partial charge >= 0.3 is 0 Å². The van der Waals surface area contributed by atoms with E-state index >= 15 is 0 Å². The van der Waals surface area contributed by atoms with E-state index in [-0.39, 0.29) is 0 Å². The molecular weight excluding hydrogens is 272 g/mol. The van der Waals surface area contributed by atoms with Gasteiger partial charge in [0.15, 0.2) is 0 Å². The summed E-state index contributed by atoms with van der Waals surface area (Å²) in [6.07, 6.45) is 9.22. The van der Waals surface area contributed by atoms with Crippen LogP contribution in [-0.2, 0) is 6.42 Å². The van der Waals surface area contributed by atoms with Crippen molar-refractivity contribution in [1.82, 2.24) is 0 Å². The molecule has 0 aliphatic carbocycles. The lowest BCUT2D eigenvalue weighted by Gasteiger charge is -2.10. The van der Waals surface area contributed by atoms with Crippen LogP contribution in [-0.4, -0.2) is 0 Å². The van der Waals surface area contributed by atoms with E-state index in [2.05, 4.69) is 54.0 Å². The summed E-state index contributed by atoms with van der Waals surface area (Å²) in [7, 11) is 0. The van der Waals surface area contributed by atoms with E-state index in [1.54, 1.807) is 0 Å². The van der Waals surface area contributed by atoms with Crippen molar-refractivity contribution in [3.8, 4) is 0 Å². The number of hydrogen-bond acceptors (Lipinski definition) is 0. The SMILES string of the molecule is CCCCCCCC(Br)c1ccc(CC)cc1. The summed E-state index contributed by atoms with van der Waals surface area (Å²) >= 11 is 3.80. The lowest BCUT2D eigenvalue weighted by molar-refractivity contribution is 0.606. The fraction of sp³-hybridized carbons (Fsp3) is 0.625. The van der Waals surface area contributed by atoms with Crippen molar-refractivity contribution >= 4 is 15.9 Å². The Kier molecular flexibility index (Phi) is 7.59. The molecule has 1 atom stereocenters. The van der Waals surface area contributed by atoms with Gasteiger partial charge < -0.3 is 0 Å². The third-order valence-electron chi connectivity index (χ3n) is 3.31. The van der Waals surface area contributed by atoms with Crippen LogP contribution in [0.4, 0.5) is 0 Å². The molecule has 0 amide bonds. The van der Waals surface area contributed by atoms with Crippen LogP contribution in [0.2, 0.25) is 0 Å². The average molecular weight is 297 g/mol. The maximum absolute atomic E-state index is 3.80. The Morgan fingerprint density at radius 2 is 1.59 bits per heavy atom. The monoisotopic (exact) mass is 296 g/mol. The van der Waals surface area contributed by atoms with Gasteiger partial charge in [0.05, 0.1) is 0 Å². The second-order valence-corrected chi connectivity index (χ2v) is 5.87. The highest BCUT2D eigenvalue weighted by atomic mass is 79.9. The minimum Gasteiger partial charge on any atom is -0.0839 e. The summed E-state index contributed by atoms with van der Waals surface area (Å²) in [4.78, 5) is 0.537. The largest absolute Gasteiger partial charge is 0.0839 e. The van der Waals surface area contributed by atoms with Crippen LogP contribution in [0.25, 0.3) is 0 Å². The van der Waals surface area contributed by atoms with Crippen molar-refractivity contribution in [2.75, 3.05) is 0 Å². The highest BCUT2D eigenvalue weighted by Gasteiger charge is 2.06. The molecule has 17 heavy (non-hydrogen) atoms. The van der Waals surface area contributed by atoms with Gasteiger partial charge in [-0.15, -0.1) is 0 Å². The Morgan fingerprint density at radius 1 is 0.941 bits per heavy atom. The molecule has 96 valence electrons. The van der Waals surface area contributed by atoms with Crippen LogP contribution in [0, 0.1) is 0 Å². The number of aryl methyl sites for hydroxylation is 1. The zero-order valence-corrected chi connectivity index (χ0v) is 12.8. The first-order valence-electron chi connectivity index (χ1n) is 7.00. The minimum absolute atomic E-state index is 0.537. The molecule has 1 aromatic carbocycles. The van der Waals surface area contributed by atoms with Crippen molar-refractivity contribution in [2.45, 2.75) is 63.6 Å². The summed E-state index contributed by atoms with van der Waals surface area (Å²) < 4.78 is 0. The average Bonchev–Trinajstić information content (AvgIpc) is 2.38. The summed E-state index contributed by atoms with van der Waals surface area (Å²) in [6, 6.07) is 9.04. The van der Waals surface area contributed by atoms with Gasteiger partial charge in [-0.1, -0.05) is 86.1 Å². The summed E-state index contributed by atoms with van der Waals surface area (Å²) in [6.45, 7) is 4.47. The number of alkyl halides is 1. The van der Waals surface area contributed by atoms with E-state index in [4.69, 9.17) is 0 Å². The van der Waals surface area contributed by atoms with Crippen LogP contribution in [0.5, 0.6) is 0 Å². The van der Waals surface area contributed by atoms with E-state index < -0.39 is 0 Å². The fourth-order valence-corrected chi connectivity index (χ4v) is 2.68. The molecule has 0 saturated carbocycles. The molecule has 0 aromatic heterocycles. The first-order valence-corrected chi connectivity index (χ1v) is 7.92. The second-order valence-electron chi connectivity index (χ2n) is 4.77. The van der Waals surface area contributed by atoms with Crippen molar-refractivity contribution < 1.29 is 0 Å². The fourth-order valence-electron chi connectivity index (χ4n) is 2.06. The van der Waals surface area contributed by atoms with E-state index in [9.17, 15) is 0 Å². The van der Waals surface area contributed by atoms with Crippen molar-refractivity contribution in [2.24, 2.45) is 0 Å². The third-order valence-corrected chi connectivity index (χ3v) is 4.30. The van der Waals surface area contributed by atoms with Gasteiger partial charge in [0.1, 0.15) is 0 Å². The maximum atomic E-state index is 3.80. The molecule has 0 bridgehead atoms. The summed E-state index contributed by atoms with van der Waals surface area (Å²) in [5.41, 5.74) is 2.86. The minimum atomic E-state index is 0.537. The zero-order chi connectivity index (χ0) is 12.5.